The summed E-state index contributed by atoms with van der Waals surface area (Å²) in [6.07, 6.45) is 0.535. The van der Waals surface area contributed by atoms with Crippen LogP contribution in [-0.4, -0.2) is 18.7 Å². The van der Waals surface area contributed by atoms with Crippen molar-refractivity contribution in [3.63, 3.8) is 0 Å². The smallest absolute Gasteiger partial charge is 0.311 e. The highest BCUT2D eigenvalue weighted by molar-refractivity contribution is 5.73. The molecule has 1 fully saturated rings. The maximum Gasteiger partial charge on any atom is 0.311 e. The Morgan fingerprint density at radius 2 is 1.95 bits per heavy atom. The predicted octanol–water partition coefficient (Wildman–Crippen LogP) is 4.22. The molecule has 1 heterocycles. The minimum atomic E-state index is -0.219. The molecule has 3 nitrogen and oxygen atoms in total. The lowest BCUT2D eigenvalue weighted by Crippen LogP contribution is -2.40. The van der Waals surface area contributed by atoms with Crippen LogP contribution in [0.25, 0.3) is 0 Å². The molecule has 1 aromatic carbocycles. The van der Waals surface area contributed by atoms with Crippen molar-refractivity contribution in [1.29, 1.82) is 0 Å². The second-order valence-electron chi connectivity index (χ2n) is 6.22. The quantitative estimate of drug-likeness (QED) is 0.617. The molecule has 22 heavy (non-hydrogen) atoms. The molecule has 1 aromatic rings. The summed E-state index contributed by atoms with van der Waals surface area (Å²) >= 11 is 0. The molecule has 0 amide bonds. The van der Waals surface area contributed by atoms with Crippen LogP contribution in [0.2, 0.25) is 0 Å². The molecule has 1 aliphatic rings. The molecule has 3 heteroatoms. The molecule has 0 unspecified atom stereocenters. The minimum absolute atomic E-state index is 0.0428. The molecule has 120 valence electrons. The predicted molar refractivity (Wildman–Crippen MR) is 87.5 cm³/mol. The molecule has 1 aliphatic heterocycles. The maximum atomic E-state index is 12.1. The molecule has 0 N–H and O–H groups in total. The molecule has 4 atom stereocenters. The zero-order valence-electron chi connectivity index (χ0n) is 14.0. The Hall–Kier alpha value is -1.61. The lowest BCUT2D eigenvalue weighted by Gasteiger charge is -2.40. The third-order valence-corrected chi connectivity index (χ3v) is 4.43. The van der Waals surface area contributed by atoms with Gasteiger partial charge in [0.2, 0.25) is 0 Å². The lowest BCUT2D eigenvalue weighted by atomic mass is 9.78. The van der Waals surface area contributed by atoms with E-state index in [0.717, 1.165) is 17.6 Å². The van der Waals surface area contributed by atoms with E-state index in [0.29, 0.717) is 6.61 Å². The van der Waals surface area contributed by atoms with Gasteiger partial charge in [0.15, 0.2) is 0 Å². The van der Waals surface area contributed by atoms with Crippen LogP contribution in [0.4, 0.5) is 0 Å². The summed E-state index contributed by atoms with van der Waals surface area (Å²) in [5, 5.41) is 0. The number of ether oxygens (including phenoxy) is 2. The van der Waals surface area contributed by atoms with E-state index >= 15 is 0 Å². The van der Waals surface area contributed by atoms with Crippen molar-refractivity contribution in [2.45, 2.75) is 46.3 Å². The largest absolute Gasteiger partial charge is 0.466 e. The second kappa shape index (κ2) is 7.10. The first-order chi connectivity index (χ1) is 10.4. The second-order valence-corrected chi connectivity index (χ2v) is 6.22. The summed E-state index contributed by atoms with van der Waals surface area (Å²) in [6.45, 7) is 12.4. The number of hydrogen-bond donors (Lipinski definition) is 0. The first kappa shape index (κ1) is 16.8. The molecule has 0 aliphatic carbocycles. The van der Waals surface area contributed by atoms with E-state index in [-0.39, 0.29) is 30.0 Å². The molecule has 0 aromatic heterocycles. The van der Waals surface area contributed by atoms with Crippen molar-refractivity contribution >= 4 is 5.97 Å². The van der Waals surface area contributed by atoms with Crippen LogP contribution < -0.4 is 0 Å². The molecule has 0 saturated carbocycles. The number of benzene rings is 1. The summed E-state index contributed by atoms with van der Waals surface area (Å²) < 4.78 is 11.4. The number of hydrogen-bond acceptors (Lipinski definition) is 3. The van der Waals surface area contributed by atoms with Gasteiger partial charge in [-0.25, -0.2) is 0 Å². The van der Waals surface area contributed by atoms with Crippen LogP contribution >= 0.6 is 0 Å². The van der Waals surface area contributed by atoms with E-state index < -0.39 is 0 Å². The Morgan fingerprint density at radius 3 is 2.50 bits per heavy atom. The van der Waals surface area contributed by atoms with Crippen LogP contribution in [0.3, 0.4) is 0 Å². The van der Waals surface area contributed by atoms with Crippen LogP contribution in [0.15, 0.2) is 36.4 Å². The Kier molecular flexibility index (Phi) is 5.41. The first-order valence-electron chi connectivity index (χ1n) is 7.98. The van der Waals surface area contributed by atoms with Gasteiger partial charge in [-0.2, -0.15) is 0 Å². The fourth-order valence-electron chi connectivity index (χ4n) is 3.07. The van der Waals surface area contributed by atoms with Crippen molar-refractivity contribution < 1.29 is 14.3 Å². The zero-order chi connectivity index (χ0) is 16.3. The number of carbonyl (C=O) groups is 1. The molecule has 1 saturated heterocycles. The Labute approximate surface area is 133 Å². The fraction of sp³-hybridized carbons (Fsp3) is 0.526. The normalized spacial score (nSPS) is 28.2. The Bertz CT molecular complexity index is 532. The van der Waals surface area contributed by atoms with Crippen LogP contribution in [0.5, 0.6) is 0 Å². The topological polar surface area (TPSA) is 35.5 Å². The van der Waals surface area contributed by atoms with Crippen LogP contribution in [0.1, 0.15) is 44.4 Å². The van der Waals surface area contributed by atoms with Gasteiger partial charge < -0.3 is 9.47 Å². The van der Waals surface area contributed by atoms with Crippen molar-refractivity contribution in [3.05, 3.63) is 47.5 Å². The fourth-order valence-corrected chi connectivity index (χ4v) is 3.07. The average Bonchev–Trinajstić information content (AvgIpc) is 2.47. The van der Waals surface area contributed by atoms with Gasteiger partial charge >= 0.3 is 5.97 Å². The number of esters is 1. The lowest BCUT2D eigenvalue weighted by molar-refractivity contribution is -0.166. The highest BCUT2D eigenvalue weighted by Crippen LogP contribution is 2.42. The SMILES string of the molecule is C=C(C)[C@@H]1C[C@@H](C(=O)OCC)[C@@H](C)O[C@H]1c1ccc(C)cc1. The third kappa shape index (κ3) is 3.58. The highest BCUT2D eigenvalue weighted by atomic mass is 16.5. The molecular formula is C19H26O3. The van der Waals surface area contributed by atoms with E-state index in [2.05, 4.69) is 37.8 Å². The summed E-state index contributed by atoms with van der Waals surface area (Å²) in [4.78, 5) is 12.1. The Morgan fingerprint density at radius 1 is 1.32 bits per heavy atom. The zero-order valence-corrected chi connectivity index (χ0v) is 14.0. The van der Waals surface area contributed by atoms with Crippen molar-refractivity contribution in [1.82, 2.24) is 0 Å². The van der Waals surface area contributed by atoms with Gasteiger partial charge in [-0.3, -0.25) is 4.79 Å². The summed E-state index contributed by atoms with van der Waals surface area (Å²) in [5.74, 6) is -0.250. The van der Waals surface area contributed by atoms with Gasteiger partial charge in [-0.1, -0.05) is 42.0 Å². The highest BCUT2D eigenvalue weighted by Gasteiger charge is 2.41. The number of carbonyl (C=O) groups excluding carboxylic acids is 1. The van der Waals surface area contributed by atoms with Crippen molar-refractivity contribution in [2.24, 2.45) is 11.8 Å². The summed E-state index contributed by atoms with van der Waals surface area (Å²) in [7, 11) is 0. The van der Waals surface area contributed by atoms with Gasteiger partial charge in [0.05, 0.1) is 24.7 Å². The molecule has 0 radical (unpaired) electrons. The third-order valence-electron chi connectivity index (χ3n) is 4.43. The first-order valence-corrected chi connectivity index (χ1v) is 7.98. The van der Waals surface area contributed by atoms with Gasteiger partial charge in [0, 0.05) is 5.92 Å². The minimum Gasteiger partial charge on any atom is -0.466 e. The van der Waals surface area contributed by atoms with Crippen LogP contribution in [0, 0.1) is 18.8 Å². The van der Waals surface area contributed by atoms with E-state index in [1.54, 1.807) is 0 Å². The van der Waals surface area contributed by atoms with E-state index in [4.69, 9.17) is 9.47 Å². The molecule has 0 spiro atoms. The van der Waals surface area contributed by atoms with Crippen LogP contribution in [-0.2, 0) is 14.3 Å². The maximum absolute atomic E-state index is 12.1. The molecule has 0 bridgehead atoms. The monoisotopic (exact) mass is 302 g/mol. The standard InChI is InChI=1S/C19H26O3/c1-6-21-19(20)17-11-16(12(2)3)18(22-14(17)5)15-9-7-13(4)8-10-15/h7-10,14,16-18H,2,6,11H2,1,3-5H3/t14-,16+,17-,18+/m1/s1. The van der Waals surface area contributed by atoms with Gasteiger partial charge in [-0.05, 0) is 39.7 Å². The van der Waals surface area contributed by atoms with Gasteiger partial charge in [-0.15, -0.1) is 0 Å². The van der Waals surface area contributed by atoms with Gasteiger partial charge in [0.25, 0.3) is 0 Å². The number of aryl methyl sites for hydroxylation is 1. The van der Waals surface area contributed by atoms with E-state index in [1.165, 1.54) is 5.56 Å². The van der Waals surface area contributed by atoms with Crippen molar-refractivity contribution in [3.8, 4) is 0 Å². The Balaban J connectivity index is 2.23. The molecule has 2 rings (SSSR count). The van der Waals surface area contributed by atoms with E-state index in [1.807, 2.05) is 20.8 Å². The van der Waals surface area contributed by atoms with Gasteiger partial charge in [0.1, 0.15) is 0 Å². The van der Waals surface area contributed by atoms with E-state index in [9.17, 15) is 4.79 Å². The molecular weight excluding hydrogens is 276 g/mol. The van der Waals surface area contributed by atoms with Crippen molar-refractivity contribution in [2.75, 3.05) is 6.61 Å². The summed E-state index contributed by atoms with van der Waals surface area (Å²) in [5.41, 5.74) is 3.42. The average molecular weight is 302 g/mol. The summed E-state index contributed by atoms with van der Waals surface area (Å²) in [6, 6.07) is 8.40. The number of rotatable bonds is 4.